The summed E-state index contributed by atoms with van der Waals surface area (Å²) in [5.41, 5.74) is 4.01. The molecule has 1 aliphatic carbocycles. The SMILES string of the molecule is CC1(C)OC(=O)C(=CNc2ccc(CC/C(=C\c3ccc(C4CCCCC4)cc3)C(=O)O)cc2)C(=O)O1. The zero-order valence-corrected chi connectivity index (χ0v) is 21.3. The molecule has 2 N–H and O–H groups in total. The second-order valence-electron chi connectivity index (χ2n) is 10.1. The van der Waals surface area contributed by atoms with E-state index >= 15 is 0 Å². The number of hydrogen-bond acceptors (Lipinski definition) is 6. The first-order valence-electron chi connectivity index (χ1n) is 12.8. The smallest absolute Gasteiger partial charge is 0.350 e. The number of carbonyl (C=O) groups excluding carboxylic acids is 2. The van der Waals surface area contributed by atoms with Crippen LogP contribution in [0.3, 0.4) is 0 Å². The molecule has 2 aromatic carbocycles. The van der Waals surface area contributed by atoms with Crippen LogP contribution in [0.1, 0.15) is 75.0 Å². The lowest BCUT2D eigenvalue weighted by Gasteiger charge is -2.29. The third-order valence-electron chi connectivity index (χ3n) is 6.77. The molecule has 1 saturated heterocycles. The van der Waals surface area contributed by atoms with E-state index in [1.165, 1.54) is 57.7 Å². The molecule has 7 nitrogen and oxygen atoms in total. The van der Waals surface area contributed by atoms with E-state index in [0.717, 1.165) is 11.1 Å². The summed E-state index contributed by atoms with van der Waals surface area (Å²) in [7, 11) is 0. The number of benzene rings is 2. The molecular weight excluding hydrogens is 470 g/mol. The van der Waals surface area contributed by atoms with Gasteiger partial charge in [-0.25, -0.2) is 14.4 Å². The highest BCUT2D eigenvalue weighted by molar-refractivity contribution is 6.15. The zero-order valence-electron chi connectivity index (χ0n) is 21.3. The van der Waals surface area contributed by atoms with Gasteiger partial charge in [0.05, 0.1) is 0 Å². The van der Waals surface area contributed by atoms with Crippen molar-refractivity contribution in [2.24, 2.45) is 0 Å². The van der Waals surface area contributed by atoms with Crippen molar-refractivity contribution in [3.05, 3.63) is 82.6 Å². The second-order valence-corrected chi connectivity index (χ2v) is 10.1. The lowest BCUT2D eigenvalue weighted by Crippen LogP contribution is -2.42. The Morgan fingerprint density at radius 1 is 0.973 bits per heavy atom. The zero-order chi connectivity index (χ0) is 26.4. The summed E-state index contributed by atoms with van der Waals surface area (Å²) in [6.45, 7) is 2.98. The van der Waals surface area contributed by atoms with Crippen LogP contribution in [-0.2, 0) is 30.3 Å². The van der Waals surface area contributed by atoms with Crippen molar-refractivity contribution in [1.82, 2.24) is 0 Å². The number of rotatable bonds is 8. The Morgan fingerprint density at radius 2 is 1.59 bits per heavy atom. The van der Waals surface area contributed by atoms with Crippen molar-refractivity contribution in [2.75, 3.05) is 5.32 Å². The number of ether oxygens (including phenoxy) is 2. The summed E-state index contributed by atoms with van der Waals surface area (Å²) >= 11 is 0. The highest BCUT2D eigenvalue weighted by Gasteiger charge is 2.38. The molecule has 0 spiro atoms. The van der Waals surface area contributed by atoms with Gasteiger partial charge in [0.25, 0.3) is 5.79 Å². The minimum absolute atomic E-state index is 0.216. The standard InChI is InChI=1S/C30H33NO6/c1-30(2)36-28(34)26(29(35)37-30)19-31-25-16-11-20(12-17-25)8-15-24(27(32)33)18-21-9-13-23(14-10-21)22-6-4-3-5-7-22/h9-14,16-19,22,31H,3-8,15H2,1-2H3,(H,32,33)/b24-18+. The van der Waals surface area contributed by atoms with Crippen LogP contribution in [0.25, 0.3) is 6.08 Å². The number of hydrogen-bond donors (Lipinski definition) is 2. The van der Waals surface area contributed by atoms with Crippen molar-refractivity contribution in [1.29, 1.82) is 0 Å². The molecule has 1 heterocycles. The van der Waals surface area contributed by atoms with Crippen LogP contribution in [0.2, 0.25) is 0 Å². The number of esters is 2. The van der Waals surface area contributed by atoms with Gasteiger partial charge >= 0.3 is 17.9 Å². The maximum Gasteiger partial charge on any atom is 0.350 e. The van der Waals surface area contributed by atoms with Crippen molar-refractivity contribution >= 4 is 29.7 Å². The number of carboxylic acids is 1. The minimum Gasteiger partial charge on any atom is -0.478 e. The van der Waals surface area contributed by atoms with E-state index in [4.69, 9.17) is 9.47 Å². The van der Waals surface area contributed by atoms with Gasteiger partial charge in [0.15, 0.2) is 5.57 Å². The second kappa shape index (κ2) is 11.5. The molecule has 0 aromatic heterocycles. The maximum atomic E-state index is 12.0. The normalized spacial score (nSPS) is 18.1. The number of aryl methyl sites for hydroxylation is 1. The van der Waals surface area contributed by atoms with Crippen LogP contribution in [0.15, 0.2) is 65.9 Å². The summed E-state index contributed by atoms with van der Waals surface area (Å²) in [6.07, 6.45) is 10.3. The Hall–Kier alpha value is -3.87. The lowest BCUT2D eigenvalue weighted by atomic mass is 9.84. The first kappa shape index (κ1) is 26.2. The van der Waals surface area contributed by atoms with Crippen LogP contribution in [0.5, 0.6) is 0 Å². The van der Waals surface area contributed by atoms with E-state index in [2.05, 4.69) is 17.4 Å². The Bertz CT molecular complexity index is 1180. The molecule has 2 fully saturated rings. The summed E-state index contributed by atoms with van der Waals surface area (Å²) in [5.74, 6) is -3.08. The fourth-order valence-corrected chi connectivity index (χ4v) is 4.72. The summed E-state index contributed by atoms with van der Waals surface area (Å²) in [4.78, 5) is 35.9. The van der Waals surface area contributed by atoms with Crippen LogP contribution in [0.4, 0.5) is 5.69 Å². The van der Waals surface area contributed by atoms with Gasteiger partial charge in [-0.05, 0) is 66.5 Å². The van der Waals surface area contributed by atoms with Crippen molar-refractivity contribution in [2.45, 2.75) is 70.5 Å². The molecule has 4 rings (SSSR count). The highest BCUT2D eigenvalue weighted by Crippen LogP contribution is 2.32. The van der Waals surface area contributed by atoms with E-state index in [0.29, 0.717) is 30.0 Å². The average Bonchev–Trinajstić information content (AvgIpc) is 2.87. The first-order chi connectivity index (χ1) is 17.7. The molecule has 7 heteroatoms. The predicted molar refractivity (Wildman–Crippen MR) is 141 cm³/mol. The molecule has 1 aliphatic heterocycles. The fraction of sp³-hybridized carbons (Fsp3) is 0.367. The summed E-state index contributed by atoms with van der Waals surface area (Å²) in [5, 5.41) is 12.6. The molecule has 0 amide bonds. The quantitative estimate of drug-likeness (QED) is 0.260. The molecule has 2 aromatic rings. The Morgan fingerprint density at radius 3 is 2.19 bits per heavy atom. The van der Waals surface area contributed by atoms with Gasteiger partial charge in [0, 0.05) is 31.3 Å². The molecule has 0 unspecified atom stereocenters. The Balaban J connectivity index is 1.34. The van der Waals surface area contributed by atoms with Gasteiger partial charge in [-0.1, -0.05) is 55.7 Å². The number of nitrogens with one attached hydrogen (secondary N) is 1. The Kier molecular flexibility index (Phi) is 8.11. The van der Waals surface area contributed by atoms with Crippen LogP contribution < -0.4 is 5.32 Å². The predicted octanol–water partition coefficient (Wildman–Crippen LogP) is 5.97. The van der Waals surface area contributed by atoms with Crippen molar-refractivity contribution < 1.29 is 29.0 Å². The first-order valence-corrected chi connectivity index (χ1v) is 12.8. The lowest BCUT2D eigenvalue weighted by molar-refractivity contribution is -0.222. The van der Waals surface area contributed by atoms with Crippen LogP contribution in [0, 0.1) is 0 Å². The van der Waals surface area contributed by atoms with Gasteiger partial charge in [-0.15, -0.1) is 0 Å². The van der Waals surface area contributed by atoms with Gasteiger partial charge in [0.2, 0.25) is 0 Å². The van der Waals surface area contributed by atoms with Crippen LogP contribution >= 0.6 is 0 Å². The molecule has 1 saturated carbocycles. The molecule has 0 radical (unpaired) electrons. The van der Waals surface area contributed by atoms with Gasteiger partial charge in [-0.3, -0.25) is 0 Å². The largest absolute Gasteiger partial charge is 0.478 e. The third-order valence-corrected chi connectivity index (χ3v) is 6.77. The van der Waals surface area contributed by atoms with E-state index in [1.807, 2.05) is 24.3 Å². The number of cyclic esters (lactones) is 2. The number of aliphatic carboxylic acids is 1. The van der Waals surface area contributed by atoms with Crippen LogP contribution in [-0.4, -0.2) is 28.8 Å². The van der Waals surface area contributed by atoms with Crippen molar-refractivity contribution in [3.8, 4) is 0 Å². The van der Waals surface area contributed by atoms with Gasteiger partial charge in [0.1, 0.15) is 0 Å². The van der Waals surface area contributed by atoms with E-state index in [9.17, 15) is 19.5 Å². The van der Waals surface area contributed by atoms with Gasteiger partial charge < -0.3 is 19.9 Å². The maximum absolute atomic E-state index is 12.0. The monoisotopic (exact) mass is 503 g/mol. The summed E-state index contributed by atoms with van der Waals surface area (Å²) in [6, 6.07) is 15.6. The molecule has 37 heavy (non-hydrogen) atoms. The molecule has 2 aliphatic rings. The molecule has 194 valence electrons. The summed E-state index contributed by atoms with van der Waals surface area (Å²) < 4.78 is 10.1. The topological polar surface area (TPSA) is 102 Å². The van der Waals surface area contributed by atoms with E-state index < -0.39 is 23.7 Å². The molecule has 0 atom stereocenters. The number of anilines is 1. The van der Waals surface area contributed by atoms with E-state index in [-0.39, 0.29) is 5.57 Å². The number of carboxylic acid groups (broad SMARTS) is 1. The third kappa shape index (κ3) is 7.09. The highest BCUT2D eigenvalue weighted by atomic mass is 16.7. The minimum atomic E-state index is -1.28. The number of carbonyl (C=O) groups is 3. The Labute approximate surface area is 217 Å². The average molecular weight is 504 g/mol. The van der Waals surface area contributed by atoms with Crippen molar-refractivity contribution in [3.63, 3.8) is 0 Å². The molecule has 0 bridgehead atoms. The van der Waals surface area contributed by atoms with E-state index in [1.54, 1.807) is 18.2 Å². The van der Waals surface area contributed by atoms with Gasteiger partial charge in [-0.2, -0.15) is 0 Å². The molecular formula is C30H33NO6. The fourth-order valence-electron chi connectivity index (χ4n) is 4.72.